The minimum Gasteiger partial charge on any atom is -0.355 e. The van der Waals surface area contributed by atoms with E-state index in [9.17, 15) is 26.8 Å². The number of anilines is 1. The molecule has 3 aromatic rings. The van der Waals surface area contributed by atoms with Crippen molar-refractivity contribution in [2.45, 2.75) is 38.3 Å². The van der Waals surface area contributed by atoms with E-state index in [0.717, 1.165) is 22.0 Å². The second kappa shape index (κ2) is 12.0. The predicted molar refractivity (Wildman–Crippen MR) is 137 cm³/mol. The Kier molecular flexibility index (Phi) is 8.99. The van der Waals surface area contributed by atoms with E-state index in [1.165, 1.54) is 60.4 Å². The molecule has 7 nitrogen and oxygen atoms in total. The first-order valence-electron chi connectivity index (χ1n) is 11.7. The normalized spacial score (nSPS) is 12.0. The van der Waals surface area contributed by atoms with Crippen LogP contribution in [0.4, 0.5) is 14.5 Å². The van der Waals surface area contributed by atoms with Crippen LogP contribution in [-0.4, -0.2) is 44.3 Å². The van der Waals surface area contributed by atoms with E-state index in [0.29, 0.717) is 12.1 Å². The van der Waals surface area contributed by atoms with Crippen LogP contribution >= 0.6 is 0 Å². The summed E-state index contributed by atoms with van der Waals surface area (Å²) in [6.45, 7) is 4.72. The smallest absolute Gasteiger partial charge is 0.264 e. The largest absolute Gasteiger partial charge is 0.355 e. The zero-order valence-electron chi connectivity index (χ0n) is 20.8. The minimum absolute atomic E-state index is 0.0444. The van der Waals surface area contributed by atoms with E-state index in [1.807, 2.05) is 6.92 Å². The van der Waals surface area contributed by atoms with Crippen LogP contribution in [0, 0.1) is 18.6 Å². The van der Waals surface area contributed by atoms with Crippen molar-refractivity contribution >= 4 is 27.5 Å². The Balaban J connectivity index is 2.01. The Morgan fingerprint density at radius 1 is 0.892 bits per heavy atom. The van der Waals surface area contributed by atoms with Gasteiger partial charge in [-0.05, 0) is 74.9 Å². The molecule has 0 fully saturated rings. The number of nitrogens with zero attached hydrogens (tertiary/aromatic N) is 2. The van der Waals surface area contributed by atoms with Gasteiger partial charge in [0, 0.05) is 13.1 Å². The van der Waals surface area contributed by atoms with Gasteiger partial charge in [0.15, 0.2) is 0 Å². The van der Waals surface area contributed by atoms with Crippen LogP contribution in [-0.2, 0) is 26.2 Å². The van der Waals surface area contributed by atoms with Crippen molar-refractivity contribution in [1.82, 2.24) is 10.2 Å². The number of hydrogen-bond acceptors (Lipinski definition) is 4. The second-order valence-electron chi connectivity index (χ2n) is 8.52. The van der Waals surface area contributed by atoms with Gasteiger partial charge in [-0.15, -0.1) is 0 Å². The summed E-state index contributed by atoms with van der Waals surface area (Å²) in [4.78, 5) is 27.5. The maximum Gasteiger partial charge on any atom is 0.264 e. The minimum atomic E-state index is -4.23. The predicted octanol–water partition coefficient (Wildman–Crippen LogP) is 4.02. The van der Waals surface area contributed by atoms with Crippen LogP contribution in [0.25, 0.3) is 0 Å². The van der Waals surface area contributed by atoms with Gasteiger partial charge in [-0.2, -0.15) is 0 Å². The van der Waals surface area contributed by atoms with Crippen molar-refractivity contribution in [1.29, 1.82) is 0 Å². The highest BCUT2D eigenvalue weighted by molar-refractivity contribution is 7.92. The molecular weight excluding hydrogens is 500 g/mol. The molecule has 0 aliphatic rings. The van der Waals surface area contributed by atoms with E-state index in [2.05, 4.69) is 5.32 Å². The molecular formula is C27H29F2N3O4S. The summed E-state index contributed by atoms with van der Waals surface area (Å²) in [5.41, 5.74) is 1.49. The number of carbonyl (C=O) groups is 2. The van der Waals surface area contributed by atoms with Crippen molar-refractivity contribution in [3.05, 3.63) is 95.6 Å². The SMILES string of the molecule is CCNC(=O)C(C)N(Cc1ccc(F)cc1)C(=O)CN(c1ccc(F)cc1)S(=O)(=O)c1ccc(C)cc1. The molecule has 1 N–H and O–H groups in total. The van der Waals surface area contributed by atoms with Gasteiger partial charge in [-0.3, -0.25) is 13.9 Å². The van der Waals surface area contributed by atoms with E-state index in [4.69, 9.17) is 0 Å². The van der Waals surface area contributed by atoms with Crippen molar-refractivity contribution in [3.8, 4) is 0 Å². The second-order valence-corrected chi connectivity index (χ2v) is 10.4. The summed E-state index contributed by atoms with van der Waals surface area (Å²) in [6.07, 6.45) is 0. The molecule has 0 spiro atoms. The molecule has 196 valence electrons. The number of halogens is 2. The van der Waals surface area contributed by atoms with Crippen molar-refractivity contribution < 1.29 is 26.8 Å². The molecule has 3 aromatic carbocycles. The van der Waals surface area contributed by atoms with Gasteiger partial charge >= 0.3 is 0 Å². The lowest BCUT2D eigenvalue weighted by Gasteiger charge is -2.32. The van der Waals surface area contributed by atoms with Crippen molar-refractivity contribution in [2.75, 3.05) is 17.4 Å². The first-order valence-corrected chi connectivity index (χ1v) is 13.1. The molecule has 2 amide bonds. The van der Waals surface area contributed by atoms with Gasteiger partial charge in [-0.1, -0.05) is 29.8 Å². The number of likely N-dealkylation sites (N-methyl/N-ethyl adjacent to an activating group) is 1. The van der Waals surface area contributed by atoms with E-state index < -0.39 is 46.1 Å². The standard InChI is InChI=1S/C27H29F2N3O4S/c1-4-30-27(34)20(3)31(17-21-7-9-22(28)10-8-21)26(33)18-32(24-13-11-23(29)12-14-24)37(35,36)25-15-5-19(2)6-16-25/h5-16,20H,4,17-18H2,1-3H3,(H,30,34). The number of hydrogen-bond donors (Lipinski definition) is 1. The lowest BCUT2D eigenvalue weighted by atomic mass is 10.1. The summed E-state index contributed by atoms with van der Waals surface area (Å²) in [5, 5.41) is 2.66. The molecule has 0 heterocycles. The summed E-state index contributed by atoms with van der Waals surface area (Å²) in [7, 11) is -4.23. The van der Waals surface area contributed by atoms with Gasteiger partial charge in [0.2, 0.25) is 11.8 Å². The number of amides is 2. The summed E-state index contributed by atoms with van der Waals surface area (Å²) in [5.74, 6) is -2.11. The van der Waals surface area contributed by atoms with Gasteiger partial charge < -0.3 is 10.2 Å². The molecule has 0 radical (unpaired) electrons. The van der Waals surface area contributed by atoms with Gasteiger partial charge in [0.05, 0.1) is 10.6 Å². The summed E-state index contributed by atoms with van der Waals surface area (Å²) < 4.78 is 55.2. The van der Waals surface area contributed by atoms with E-state index in [-0.39, 0.29) is 17.1 Å². The molecule has 37 heavy (non-hydrogen) atoms. The fourth-order valence-corrected chi connectivity index (χ4v) is 5.08. The molecule has 0 saturated carbocycles. The Morgan fingerprint density at radius 2 is 1.43 bits per heavy atom. The Labute approximate surface area is 215 Å². The lowest BCUT2D eigenvalue weighted by Crippen LogP contribution is -2.51. The van der Waals surface area contributed by atoms with Crippen LogP contribution in [0.2, 0.25) is 0 Å². The van der Waals surface area contributed by atoms with Gasteiger partial charge in [-0.25, -0.2) is 17.2 Å². The first-order chi connectivity index (χ1) is 17.5. The quantitative estimate of drug-likeness (QED) is 0.430. The van der Waals surface area contributed by atoms with Crippen LogP contribution in [0.15, 0.2) is 77.7 Å². The molecule has 1 atom stereocenters. The van der Waals surface area contributed by atoms with E-state index in [1.54, 1.807) is 19.1 Å². The third-order valence-electron chi connectivity index (χ3n) is 5.79. The van der Waals surface area contributed by atoms with Crippen LogP contribution in [0.1, 0.15) is 25.0 Å². The lowest BCUT2D eigenvalue weighted by molar-refractivity contribution is -0.139. The number of nitrogens with one attached hydrogen (secondary N) is 1. The van der Waals surface area contributed by atoms with Crippen LogP contribution < -0.4 is 9.62 Å². The van der Waals surface area contributed by atoms with Gasteiger partial charge in [0.25, 0.3) is 10.0 Å². The number of sulfonamides is 1. The Hall–Kier alpha value is -3.79. The van der Waals surface area contributed by atoms with E-state index >= 15 is 0 Å². The summed E-state index contributed by atoms with van der Waals surface area (Å²) in [6, 6.07) is 15.4. The molecule has 0 aromatic heterocycles. The molecule has 10 heteroatoms. The molecule has 0 aliphatic carbocycles. The average molecular weight is 530 g/mol. The zero-order chi connectivity index (χ0) is 27.2. The molecule has 0 aliphatic heterocycles. The molecule has 1 unspecified atom stereocenters. The molecule has 3 rings (SSSR count). The summed E-state index contributed by atoms with van der Waals surface area (Å²) >= 11 is 0. The molecule has 0 bridgehead atoms. The highest BCUT2D eigenvalue weighted by Gasteiger charge is 2.32. The third-order valence-corrected chi connectivity index (χ3v) is 7.58. The maximum absolute atomic E-state index is 13.6. The topological polar surface area (TPSA) is 86.8 Å². The first kappa shape index (κ1) is 27.8. The molecule has 0 saturated heterocycles. The fraction of sp³-hybridized carbons (Fsp3) is 0.259. The highest BCUT2D eigenvalue weighted by Crippen LogP contribution is 2.25. The number of benzene rings is 3. The monoisotopic (exact) mass is 529 g/mol. The maximum atomic E-state index is 13.6. The average Bonchev–Trinajstić information content (AvgIpc) is 2.87. The Morgan fingerprint density at radius 3 is 1.97 bits per heavy atom. The van der Waals surface area contributed by atoms with Gasteiger partial charge in [0.1, 0.15) is 24.2 Å². The highest BCUT2D eigenvalue weighted by atomic mass is 32.2. The van der Waals surface area contributed by atoms with Crippen molar-refractivity contribution in [2.24, 2.45) is 0 Å². The fourth-order valence-electron chi connectivity index (χ4n) is 3.66. The number of rotatable bonds is 10. The van der Waals surface area contributed by atoms with Crippen molar-refractivity contribution in [3.63, 3.8) is 0 Å². The Bertz CT molecular complexity index is 1330. The van der Waals surface area contributed by atoms with Crippen LogP contribution in [0.5, 0.6) is 0 Å². The zero-order valence-corrected chi connectivity index (χ0v) is 21.6. The third kappa shape index (κ3) is 6.91. The van der Waals surface area contributed by atoms with Crippen LogP contribution in [0.3, 0.4) is 0 Å². The number of carbonyl (C=O) groups excluding carboxylic acids is 2. The number of aryl methyl sites for hydroxylation is 1.